The van der Waals surface area contributed by atoms with Crippen LogP contribution in [0.1, 0.15) is 11.3 Å². The standard InChI is InChI=1S/C20H16Cl2FN3O2/c1-11-12(2)24-19(13-4-3-5-14(21)8-13)26(20(11)28)10-18(27)25-17-7-6-15(22)9-16(17)23/h3-9H,10H2,1-2H3,(H,25,27). The van der Waals surface area contributed by atoms with Gasteiger partial charge in [-0.15, -0.1) is 0 Å². The van der Waals surface area contributed by atoms with Crippen molar-refractivity contribution in [1.82, 2.24) is 9.55 Å². The molecule has 144 valence electrons. The normalized spacial score (nSPS) is 10.8. The van der Waals surface area contributed by atoms with Crippen molar-refractivity contribution in [2.24, 2.45) is 0 Å². The third-order valence-corrected chi connectivity index (χ3v) is 4.70. The number of hydrogen-bond acceptors (Lipinski definition) is 3. The molecular formula is C20H16Cl2FN3O2. The predicted octanol–water partition coefficient (Wildman–Crippen LogP) is 4.61. The lowest BCUT2D eigenvalue weighted by atomic mass is 10.1. The SMILES string of the molecule is Cc1nc(-c2cccc(Cl)c2)n(CC(=O)Nc2ccc(Cl)cc2F)c(=O)c1C. The van der Waals surface area contributed by atoms with Crippen LogP contribution in [0.4, 0.5) is 10.1 Å². The molecule has 0 atom stereocenters. The van der Waals surface area contributed by atoms with Crippen LogP contribution in [0, 0.1) is 19.7 Å². The minimum atomic E-state index is -0.665. The smallest absolute Gasteiger partial charge is 0.257 e. The van der Waals surface area contributed by atoms with Gasteiger partial charge in [-0.3, -0.25) is 14.2 Å². The third kappa shape index (κ3) is 4.24. The number of halogens is 3. The van der Waals surface area contributed by atoms with Gasteiger partial charge in [0.15, 0.2) is 0 Å². The van der Waals surface area contributed by atoms with Crippen LogP contribution in [0.25, 0.3) is 11.4 Å². The van der Waals surface area contributed by atoms with E-state index in [-0.39, 0.29) is 22.8 Å². The Kier molecular flexibility index (Phi) is 5.82. The Morgan fingerprint density at radius 3 is 2.54 bits per heavy atom. The van der Waals surface area contributed by atoms with Crippen LogP contribution in [0.5, 0.6) is 0 Å². The third-order valence-electron chi connectivity index (χ3n) is 4.23. The van der Waals surface area contributed by atoms with Crippen LogP contribution in [-0.4, -0.2) is 15.5 Å². The summed E-state index contributed by atoms with van der Waals surface area (Å²) in [7, 11) is 0. The zero-order valence-corrected chi connectivity index (χ0v) is 16.6. The van der Waals surface area contributed by atoms with Gasteiger partial charge in [0.1, 0.15) is 18.2 Å². The molecule has 0 saturated heterocycles. The topological polar surface area (TPSA) is 64.0 Å². The summed E-state index contributed by atoms with van der Waals surface area (Å²) in [6, 6.07) is 10.7. The Labute approximate surface area is 170 Å². The van der Waals surface area contributed by atoms with E-state index in [1.807, 2.05) is 0 Å². The van der Waals surface area contributed by atoms with Crippen molar-refractivity contribution < 1.29 is 9.18 Å². The number of amides is 1. The molecule has 1 heterocycles. The van der Waals surface area contributed by atoms with Gasteiger partial charge in [0, 0.05) is 26.9 Å². The highest BCUT2D eigenvalue weighted by molar-refractivity contribution is 6.31. The average molecular weight is 420 g/mol. The number of rotatable bonds is 4. The van der Waals surface area contributed by atoms with Crippen LogP contribution in [-0.2, 0) is 11.3 Å². The monoisotopic (exact) mass is 419 g/mol. The summed E-state index contributed by atoms with van der Waals surface area (Å²) in [6.07, 6.45) is 0. The van der Waals surface area contributed by atoms with Crippen LogP contribution in [0.3, 0.4) is 0 Å². The summed E-state index contributed by atoms with van der Waals surface area (Å²) in [4.78, 5) is 29.7. The molecule has 0 bridgehead atoms. The number of nitrogens with zero attached hydrogens (tertiary/aromatic N) is 2. The molecule has 0 aliphatic rings. The summed E-state index contributed by atoms with van der Waals surface area (Å²) >= 11 is 11.8. The van der Waals surface area contributed by atoms with Gasteiger partial charge in [0.25, 0.3) is 5.56 Å². The number of aromatic nitrogens is 2. The first-order valence-electron chi connectivity index (χ1n) is 8.35. The molecule has 1 aromatic heterocycles. The van der Waals surface area contributed by atoms with Gasteiger partial charge < -0.3 is 5.32 Å². The molecule has 3 aromatic rings. The fraction of sp³-hybridized carbons (Fsp3) is 0.150. The molecule has 0 radical (unpaired) electrons. The molecule has 0 saturated carbocycles. The van der Waals surface area contributed by atoms with Gasteiger partial charge in [0.2, 0.25) is 5.91 Å². The van der Waals surface area contributed by atoms with Crippen molar-refractivity contribution >= 4 is 34.8 Å². The average Bonchev–Trinajstić information content (AvgIpc) is 2.64. The van der Waals surface area contributed by atoms with Crippen LogP contribution in [0.15, 0.2) is 47.3 Å². The van der Waals surface area contributed by atoms with E-state index in [1.165, 1.54) is 16.7 Å². The predicted molar refractivity (Wildman–Crippen MR) is 108 cm³/mol. The second-order valence-corrected chi connectivity index (χ2v) is 7.09. The van der Waals surface area contributed by atoms with E-state index < -0.39 is 11.7 Å². The second-order valence-electron chi connectivity index (χ2n) is 6.22. The zero-order chi connectivity index (χ0) is 20.4. The van der Waals surface area contributed by atoms with E-state index >= 15 is 0 Å². The maximum atomic E-state index is 13.9. The minimum Gasteiger partial charge on any atom is -0.322 e. The zero-order valence-electron chi connectivity index (χ0n) is 15.1. The minimum absolute atomic E-state index is 0.0245. The lowest BCUT2D eigenvalue weighted by molar-refractivity contribution is -0.116. The molecule has 5 nitrogen and oxygen atoms in total. The molecule has 2 aromatic carbocycles. The van der Waals surface area contributed by atoms with E-state index in [0.29, 0.717) is 27.7 Å². The van der Waals surface area contributed by atoms with Gasteiger partial charge in [-0.2, -0.15) is 0 Å². The van der Waals surface area contributed by atoms with Crippen LogP contribution in [0.2, 0.25) is 10.0 Å². The Bertz CT molecular complexity index is 1130. The van der Waals surface area contributed by atoms with E-state index in [1.54, 1.807) is 38.1 Å². The molecule has 0 fully saturated rings. The first kappa shape index (κ1) is 20.0. The fourth-order valence-corrected chi connectivity index (χ4v) is 3.02. The second kappa shape index (κ2) is 8.12. The Morgan fingerprint density at radius 2 is 1.86 bits per heavy atom. The highest BCUT2D eigenvalue weighted by Crippen LogP contribution is 2.22. The maximum Gasteiger partial charge on any atom is 0.257 e. The quantitative estimate of drug-likeness (QED) is 0.671. The summed E-state index contributed by atoms with van der Waals surface area (Å²) in [5.74, 6) is -0.930. The highest BCUT2D eigenvalue weighted by Gasteiger charge is 2.17. The molecular weight excluding hydrogens is 404 g/mol. The van der Waals surface area contributed by atoms with Crippen molar-refractivity contribution in [2.75, 3.05) is 5.32 Å². The van der Waals surface area contributed by atoms with Crippen molar-refractivity contribution in [3.8, 4) is 11.4 Å². The first-order chi connectivity index (χ1) is 13.3. The molecule has 1 amide bonds. The summed E-state index contributed by atoms with van der Waals surface area (Å²) in [5.41, 5.74) is 1.20. The number of anilines is 1. The summed E-state index contributed by atoms with van der Waals surface area (Å²) in [5, 5.41) is 3.14. The number of aryl methyl sites for hydroxylation is 1. The fourth-order valence-electron chi connectivity index (χ4n) is 2.68. The molecule has 1 N–H and O–H groups in total. The van der Waals surface area contributed by atoms with Crippen molar-refractivity contribution in [1.29, 1.82) is 0 Å². The Balaban J connectivity index is 2.00. The van der Waals surface area contributed by atoms with Crippen molar-refractivity contribution in [3.05, 3.63) is 79.9 Å². The molecule has 0 aliphatic heterocycles. The summed E-state index contributed by atoms with van der Waals surface area (Å²) < 4.78 is 15.2. The maximum absolute atomic E-state index is 13.9. The van der Waals surface area contributed by atoms with E-state index in [0.717, 1.165) is 6.07 Å². The Morgan fingerprint density at radius 1 is 1.14 bits per heavy atom. The van der Waals surface area contributed by atoms with E-state index in [2.05, 4.69) is 10.3 Å². The summed E-state index contributed by atoms with van der Waals surface area (Å²) in [6.45, 7) is 3.02. The van der Waals surface area contributed by atoms with Gasteiger partial charge in [0.05, 0.1) is 5.69 Å². The molecule has 0 unspecified atom stereocenters. The lowest BCUT2D eigenvalue weighted by Gasteiger charge is -2.15. The number of nitrogens with one attached hydrogen (secondary N) is 1. The van der Waals surface area contributed by atoms with Crippen LogP contribution >= 0.6 is 23.2 Å². The van der Waals surface area contributed by atoms with E-state index in [4.69, 9.17) is 23.2 Å². The van der Waals surface area contributed by atoms with Gasteiger partial charge in [-0.25, -0.2) is 9.37 Å². The van der Waals surface area contributed by atoms with Gasteiger partial charge in [-0.05, 0) is 44.2 Å². The van der Waals surface area contributed by atoms with Crippen molar-refractivity contribution in [3.63, 3.8) is 0 Å². The molecule has 28 heavy (non-hydrogen) atoms. The largest absolute Gasteiger partial charge is 0.322 e. The molecule has 8 heteroatoms. The van der Waals surface area contributed by atoms with E-state index in [9.17, 15) is 14.0 Å². The lowest BCUT2D eigenvalue weighted by Crippen LogP contribution is -2.31. The highest BCUT2D eigenvalue weighted by atomic mass is 35.5. The molecule has 3 rings (SSSR count). The number of carbonyl (C=O) groups is 1. The van der Waals surface area contributed by atoms with Crippen molar-refractivity contribution in [2.45, 2.75) is 20.4 Å². The first-order valence-corrected chi connectivity index (χ1v) is 9.10. The number of hydrogen-bond donors (Lipinski definition) is 1. The molecule has 0 spiro atoms. The number of carbonyl (C=O) groups excluding carboxylic acids is 1. The van der Waals surface area contributed by atoms with Crippen LogP contribution < -0.4 is 10.9 Å². The molecule has 0 aliphatic carbocycles. The van der Waals surface area contributed by atoms with Gasteiger partial charge in [-0.1, -0.05) is 35.3 Å². The van der Waals surface area contributed by atoms with Gasteiger partial charge >= 0.3 is 0 Å². The number of benzene rings is 2. The Hall–Kier alpha value is -2.70.